The number of hydrogen-bond donors (Lipinski definition) is 0. The van der Waals surface area contributed by atoms with E-state index < -0.39 is 4.92 Å². The lowest BCUT2D eigenvalue weighted by Gasteiger charge is -1.91. The molecule has 4 nitrogen and oxygen atoms in total. The molecule has 4 heteroatoms. The van der Waals surface area contributed by atoms with Crippen molar-refractivity contribution in [2.24, 2.45) is 0 Å². The van der Waals surface area contributed by atoms with Gasteiger partial charge in [0.1, 0.15) is 0 Å². The fourth-order valence-corrected chi connectivity index (χ4v) is 1.58. The molecule has 94 valence electrons. The van der Waals surface area contributed by atoms with Gasteiger partial charge in [-0.3, -0.25) is 15.1 Å². The van der Waals surface area contributed by atoms with Crippen LogP contribution < -0.4 is 0 Å². The average molecular weight is 252 g/mol. The van der Waals surface area contributed by atoms with Gasteiger partial charge in [-0.1, -0.05) is 42.5 Å². The van der Waals surface area contributed by atoms with E-state index in [0.29, 0.717) is 0 Å². The summed E-state index contributed by atoms with van der Waals surface area (Å²) in [5, 5.41) is 12.5. The Hall–Kier alpha value is -2.75. The summed E-state index contributed by atoms with van der Waals surface area (Å²) in [6.45, 7) is 0. The summed E-state index contributed by atoms with van der Waals surface area (Å²) in [7, 11) is 0. The molecule has 2 aromatic carbocycles. The van der Waals surface area contributed by atoms with E-state index in [4.69, 9.17) is 0 Å². The molecule has 0 aliphatic heterocycles. The molecule has 0 radical (unpaired) electrons. The molecule has 0 aliphatic rings. The van der Waals surface area contributed by atoms with Crippen molar-refractivity contribution in [3.8, 4) is 0 Å². The zero-order chi connectivity index (χ0) is 13.5. The second-order valence-corrected chi connectivity index (χ2v) is 3.82. The average Bonchev–Trinajstić information content (AvgIpc) is 2.49. The maximum atomic E-state index is 10.0. The first-order valence-corrected chi connectivity index (χ1v) is 5.75. The van der Waals surface area contributed by atoms with Crippen LogP contribution in [-0.4, -0.2) is 9.91 Å². The first kappa shape index (κ1) is 12.7. The topological polar surface area (TPSA) is 56.0 Å². The minimum Gasteiger partial charge on any atom is -0.264 e. The predicted molar refractivity (Wildman–Crippen MR) is 74.8 cm³/mol. The number of fused-ring (bicyclic) bond motifs is 1. The molecule has 0 saturated carbocycles. The Morgan fingerprint density at radius 3 is 2.05 bits per heavy atom. The van der Waals surface area contributed by atoms with Crippen LogP contribution in [0.1, 0.15) is 0 Å². The van der Waals surface area contributed by atoms with Gasteiger partial charge in [0.05, 0.1) is 4.92 Å². The predicted octanol–water partition coefficient (Wildman–Crippen LogP) is 3.83. The third kappa shape index (κ3) is 3.61. The molecule has 0 N–H and O–H groups in total. The lowest BCUT2D eigenvalue weighted by Crippen LogP contribution is -1.84. The van der Waals surface area contributed by atoms with Crippen molar-refractivity contribution >= 4 is 16.5 Å². The van der Waals surface area contributed by atoms with Gasteiger partial charge in [-0.25, -0.2) is 0 Å². The molecule has 0 atom stereocenters. The Labute approximate surface area is 110 Å². The molecular weight excluding hydrogens is 240 g/mol. The number of aromatic nitrogens is 1. The van der Waals surface area contributed by atoms with Crippen LogP contribution in [0, 0.1) is 10.1 Å². The lowest BCUT2D eigenvalue weighted by atomic mass is 10.2. The Morgan fingerprint density at radius 1 is 0.842 bits per heavy atom. The highest BCUT2D eigenvalue weighted by Gasteiger charge is 1.98. The molecule has 3 aromatic rings. The van der Waals surface area contributed by atoms with Crippen LogP contribution in [0.25, 0.3) is 10.8 Å². The van der Waals surface area contributed by atoms with Crippen molar-refractivity contribution in [1.29, 1.82) is 0 Å². The van der Waals surface area contributed by atoms with Crippen molar-refractivity contribution in [2.45, 2.75) is 0 Å². The summed E-state index contributed by atoms with van der Waals surface area (Å²) in [6, 6.07) is 18.1. The quantitative estimate of drug-likeness (QED) is 0.488. The zero-order valence-corrected chi connectivity index (χ0v) is 10.1. The maximum Gasteiger partial charge on any atom is 0.269 e. The zero-order valence-electron chi connectivity index (χ0n) is 10.1. The van der Waals surface area contributed by atoms with E-state index in [1.807, 2.05) is 30.6 Å². The van der Waals surface area contributed by atoms with Crippen molar-refractivity contribution in [2.75, 3.05) is 0 Å². The lowest BCUT2D eigenvalue weighted by molar-refractivity contribution is -0.384. The standard InChI is InChI=1S/C9H7N.C6H5NO2/c1-2-4-9-7-10-6-5-8(9)3-1;8-7(9)6-4-2-1-3-5-6/h1-7H;1-5H. The van der Waals surface area contributed by atoms with Crippen LogP contribution in [0.5, 0.6) is 0 Å². The number of para-hydroxylation sites is 1. The van der Waals surface area contributed by atoms with Gasteiger partial charge in [0.2, 0.25) is 0 Å². The summed E-state index contributed by atoms with van der Waals surface area (Å²) in [5.74, 6) is 0. The summed E-state index contributed by atoms with van der Waals surface area (Å²) in [4.78, 5) is 13.6. The van der Waals surface area contributed by atoms with Gasteiger partial charge in [-0.05, 0) is 16.8 Å². The van der Waals surface area contributed by atoms with Crippen LogP contribution in [0.3, 0.4) is 0 Å². The van der Waals surface area contributed by atoms with E-state index in [2.05, 4.69) is 17.1 Å². The fraction of sp³-hybridized carbons (Fsp3) is 0. The molecule has 19 heavy (non-hydrogen) atoms. The summed E-state index contributed by atoms with van der Waals surface area (Å²) >= 11 is 0. The third-order valence-electron chi connectivity index (χ3n) is 2.52. The van der Waals surface area contributed by atoms with E-state index in [1.54, 1.807) is 18.2 Å². The molecule has 0 spiro atoms. The van der Waals surface area contributed by atoms with Gasteiger partial charge >= 0.3 is 0 Å². The van der Waals surface area contributed by atoms with Crippen LogP contribution >= 0.6 is 0 Å². The third-order valence-corrected chi connectivity index (χ3v) is 2.52. The fourth-order valence-electron chi connectivity index (χ4n) is 1.58. The molecule has 1 aromatic heterocycles. The van der Waals surface area contributed by atoms with Crippen molar-refractivity contribution < 1.29 is 4.92 Å². The number of nitrogens with zero attached hydrogens (tertiary/aromatic N) is 2. The Balaban J connectivity index is 0.000000141. The monoisotopic (exact) mass is 252 g/mol. The highest BCUT2D eigenvalue weighted by atomic mass is 16.6. The smallest absolute Gasteiger partial charge is 0.264 e. The Kier molecular flexibility index (Phi) is 4.18. The van der Waals surface area contributed by atoms with Gasteiger partial charge < -0.3 is 0 Å². The van der Waals surface area contributed by atoms with Gasteiger partial charge in [0.25, 0.3) is 5.69 Å². The van der Waals surface area contributed by atoms with E-state index in [-0.39, 0.29) is 5.69 Å². The normalized spacial score (nSPS) is 9.47. The maximum absolute atomic E-state index is 10.0. The van der Waals surface area contributed by atoms with Crippen molar-refractivity contribution in [1.82, 2.24) is 4.98 Å². The minimum atomic E-state index is -0.417. The van der Waals surface area contributed by atoms with Crippen LogP contribution in [0.2, 0.25) is 0 Å². The Morgan fingerprint density at radius 2 is 1.47 bits per heavy atom. The van der Waals surface area contributed by atoms with E-state index in [9.17, 15) is 10.1 Å². The van der Waals surface area contributed by atoms with Gasteiger partial charge in [0, 0.05) is 24.5 Å². The van der Waals surface area contributed by atoms with Crippen LogP contribution in [0.15, 0.2) is 73.1 Å². The van der Waals surface area contributed by atoms with Gasteiger partial charge in [-0.15, -0.1) is 0 Å². The van der Waals surface area contributed by atoms with Crippen molar-refractivity contribution in [3.63, 3.8) is 0 Å². The summed E-state index contributed by atoms with van der Waals surface area (Å²) in [5.41, 5.74) is 0.137. The molecule has 1 heterocycles. The van der Waals surface area contributed by atoms with E-state index in [1.165, 1.54) is 22.9 Å². The molecule has 0 bridgehead atoms. The second kappa shape index (κ2) is 6.26. The molecule has 0 unspecified atom stereocenters. The number of pyridine rings is 1. The number of rotatable bonds is 1. The molecule has 0 aliphatic carbocycles. The number of nitro groups is 1. The molecule has 0 saturated heterocycles. The number of hydrogen-bond acceptors (Lipinski definition) is 3. The summed E-state index contributed by atoms with van der Waals surface area (Å²) in [6.07, 6.45) is 3.68. The second-order valence-electron chi connectivity index (χ2n) is 3.82. The van der Waals surface area contributed by atoms with E-state index in [0.717, 1.165) is 0 Å². The molecular formula is C15H12N2O2. The largest absolute Gasteiger partial charge is 0.269 e. The number of non-ortho nitro benzene ring substituents is 1. The van der Waals surface area contributed by atoms with Crippen molar-refractivity contribution in [3.05, 3.63) is 83.2 Å². The highest BCUT2D eigenvalue weighted by molar-refractivity contribution is 5.80. The molecule has 0 amide bonds. The number of benzene rings is 2. The Bertz CT molecular complexity index is 604. The van der Waals surface area contributed by atoms with Gasteiger partial charge in [-0.2, -0.15) is 0 Å². The number of nitro benzene ring substituents is 1. The van der Waals surface area contributed by atoms with Gasteiger partial charge in [0.15, 0.2) is 0 Å². The van der Waals surface area contributed by atoms with Crippen LogP contribution in [0.4, 0.5) is 5.69 Å². The first-order chi connectivity index (χ1) is 9.27. The minimum absolute atomic E-state index is 0.137. The SMILES string of the molecule is O=[N+]([O-])c1ccccc1.c1ccc2cnccc2c1. The first-order valence-electron chi connectivity index (χ1n) is 5.75. The van der Waals surface area contributed by atoms with Crippen LogP contribution in [-0.2, 0) is 0 Å². The van der Waals surface area contributed by atoms with E-state index >= 15 is 0 Å². The molecule has 3 rings (SSSR count). The molecule has 0 fully saturated rings. The summed E-state index contributed by atoms with van der Waals surface area (Å²) < 4.78 is 0. The highest BCUT2D eigenvalue weighted by Crippen LogP contribution is 2.09.